The van der Waals surface area contributed by atoms with Gasteiger partial charge in [-0.25, -0.2) is 4.79 Å². The highest BCUT2D eigenvalue weighted by molar-refractivity contribution is 7.21. The van der Waals surface area contributed by atoms with Crippen molar-refractivity contribution in [3.05, 3.63) is 99.5 Å². The molecule has 1 heterocycles. The van der Waals surface area contributed by atoms with Gasteiger partial charge in [-0.2, -0.15) is 0 Å². The zero-order chi connectivity index (χ0) is 33.0. The molecule has 2 amide bonds. The summed E-state index contributed by atoms with van der Waals surface area (Å²) in [6.07, 6.45) is 6.89. The minimum Gasteiger partial charge on any atom is -0.496 e. The van der Waals surface area contributed by atoms with Crippen molar-refractivity contribution < 1.29 is 19.1 Å². The molecule has 242 valence electrons. The van der Waals surface area contributed by atoms with Crippen molar-refractivity contribution >= 4 is 56.6 Å². The van der Waals surface area contributed by atoms with Gasteiger partial charge in [0.1, 0.15) is 16.2 Å². The number of fused-ring (bicyclic) bond motifs is 1. The average molecular weight is 680 g/mol. The molecule has 1 aliphatic carbocycles. The fourth-order valence-electron chi connectivity index (χ4n) is 5.81. The van der Waals surface area contributed by atoms with Crippen LogP contribution in [-0.4, -0.2) is 47.6 Å². The lowest BCUT2D eigenvalue weighted by Crippen LogP contribution is -2.41. The molecule has 5 rings (SSSR count). The van der Waals surface area contributed by atoms with Crippen LogP contribution in [0, 0.1) is 5.92 Å². The number of thiophene rings is 1. The van der Waals surface area contributed by atoms with Crippen molar-refractivity contribution in [1.82, 2.24) is 9.80 Å². The summed E-state index contributed by atoms with van der Waals surface area (Å²) in [4.78, 5) is 30.9. The third-order valence-electron chi connectivity index (χ3n) is 8.23. The number of carbonyl (C=O) groups excluding carboxylic acids is 2. The molecule has 0 unspecified atom stereocenters. The van der Waals surface area contributed by atoms with Gasteiger partial charge in [0.25, 0.3) is 5.91 Å². The third-order valence-corrected chi connectivity index (χ3v) is 10.1. The zero-order valence-electron chi connectivity index (χ0n) is 26.9. The molecule has 46 heavy (non-hydrogen) atoms. The zero-order valence-corrected chi connectivity index (χ0v) is 29.2. The van der Waals surface area contributed by atoms with Crippen molar-refractivity contribution in [3.8, 4) is 16.9 Å². The molecular weight excluding hydrogens is 639 g/mol. The molecule has 0 spiro atoms. The van der Waals surface area contributed by atoms with E-state index in [-0.39, 0.29) is 24.0 Å². The first-order chi connectivity index (χ1) is 21.9. The maximum Gasteiger partial charge on any atom is 0.414 e. The van der Waals surface area contributed by atoms with Gasteiger partial charge in [-0.05, 0) is 93.8 Å². The Labute approximate surface area is 285 Å². The Kier molecular flexibility index (Phi) is 10.7. The van der Waals surface area contributed by atoms with Gasteiger partial charge in [-0.1, -0.05) is 65.7 Å². The lowest BCUT2D eigenvalue weighted by Gasteiger charge is -2.37. The number of benzene rings is 3. The first-order valence-electron chi connectivity index (χ1n) is 15.5. The first kappa shape index (κ1) is 33.8. The number of hydrogen-bond acceptors (Lipinski definition) is 5. The quantitative estimate of drug-likeness (QED) is 0.186. The number of allylic oxidation sites excluding steroid dienone is 1. The number of nitrogens with zero attached hydrogens (tertiary/aromatic N) is 2. The number of ether oxygens (including phenoxy) is 2. The molecule has 4 aromatic rings. The summed E-state index contributed by atoms with van der Waals surface area (Å²) in [5.74, 6) is 0.933. The first-order valence-corrected chi connectivity index (χ1v) is 17.1. The van der Waals surface area contributed by atoms with Crippen LogP contribution in [0.3, 0.4) is 0 Å². The molecule has 1 aliphatic rings. The van der Waals surface area contributed by atoms with Crippen molar-refractivity contribution in [3.63, 3.8) is 0 Å². The lowest BCUT2D eigenvalue weighted by atomic mass is 9.85. The highest BCUT2D eigenvalue weighted by atomic mass is 35.5. The second-order valence-corrected chi connectivity index (χ2v) is 14.6. The maximum atomic E-state index is 14.4. The smallest absolute Gasteiger partial charge is 0.414 e. The summed E-state index contributed by atoms with van der Waals surface area (Å²) >= 11 is 14.4. The molecule has 0 radical (unpaired) electrons. The van der Waals surface area contributed by atoms with Gasteiger partial charge >= 0.3 is 6.09 Å². The molecule has 3 aromatic carbocycles. The molecule has 0 N–H and O–H groups in total. The fraction of sp³-hybridized carbons (Fsp3) is 0.351. The highest BCUT2D eigenvalue weighted by Gasteiger charge is 2.32. The summed E-state index contributed by atoms with van der Waals surface area (Å²) in [7, 11) is 3.36. The van der Waals surface area contributed by atoms with Crippen LogP contribution >= 0.6 is 34.5 Å². The molecule has 0 atom stereocenters. The fourth-order valence-corrected chi connectivity index (χ4v) is 7.40. The van der Waals surface area contributed by atoms with E-state index in [0.29, 0.717) is 21.5 Å². The number of amides is 2. The largest absolute Gasteiger partial charge is 0.496 e. The van der Waals surface area contributed by atoms with Crippen LogP contribution in [0.2, 0.25) is 10.0 Å². The van der Waals surface area contributed by atoms with Crippen LogP contribution in [-0.2, 0) is 11.3 Å². The highest BCUT2D eigenvalue weighted by Crippen LogP contribution is 2.39. The Morgan fingerprint density at radius 2 is 1.63 bits per heavy atom. The van der Waals surface area contributed by atoms with E-state index in [0.717, 1.165) is 58.2 Å². The number of halogens is 2. The molecule has 9 heteroatoms. The van der Waals surface area contributed by atoms with Gasteiger partial charge in [0.15, 0.2) is 0 Å². The summed E-state index contributed by atoms with van der Waals surface area (Å²) in [5, 5.41) is 2.07. The van der Waals surface area contributed by atoms with E-state index < -0.39 is 5.60 Å². The molecular formula is C37H40Cl2N2O4S. The summed E-state index contributed by atoms with van der Waals surface area (Å²) in [6.45, 7) is 5.94. The third kappa shape index (κ3) is 8.06. The minimum absolute atomic E-state index is 0.00547. The molecule has 1 aromatic heterocycles. The van der Waals surface area contributed by atoms with E-state index in [4.69, 9.17) is 32.7 Å². The minimum atomic E-state index is -0.554. The van der Waals surface area contributed by atoms with E-state index in [1.807, 2.05) is 86.3 Å². The van der Waals surface area contributed by atoms with Gasteiger partial charge in [0.05, 0.1) is 12.1 Å². The van der Waals surface area contributed by atoms with Crippen molar-refractivity contribution in [2.45, 2.75) is 64.6 Å². The molecule has 1 saturated carbocycles. The molecule has 1 fully saturated rings. The van der Waals surface area contributed by atoms with Crippen molar-refractivity contribution in [1.29, 1.82) is 0 Å². The topological polar surface area (TPSA) is 59.1 Å². The molecule has 0 bridgehead atoms. The van der Waals surface area contributed by atoms with Crippen LogP contribution in [0.1, 0.15) is 61.7 Å². The number of methoxy groups -OCH3 is 1. The van der Waals surface area contributed by atoms with Crippen LogP contribution in [0.25, 0.3) is 21.2 Å². The molecule has 6 nitrogen and oxygen atoms in total. The number of rotatable bonds is 8. The van der Waals surface area contributed by atoms with Gasteiger partial charge in [-0.15, -0.1) is 11.3 Å². The molecule has 0 aliphatic heterocycles. The standard InChI is InChI=1S/C37H40Cl2N2O4S/c1-37(2,3)45-36(43)40(4)21-20-24-10-17-29(18-11-24)41(35(42)34-33(39)30-8-6-7-9-32(30)46-34)23-27-22-26(14-19-31(27)44-5)25-12-15-28(38)16-13-25/h6-9,12-16,19-22,24,29H,10-11,17-18,23H2,1-5H3/b21-20+. The van der Waals surface area contributed by atoms with Crippen molar-refractivity contribution in [2.75, 3.05) is 14.2 Å². The van der Waals surface area contributed by atoms with Crippen LogP contribution in [0.5, 0.6) is 5.75 Å². The Morgan fingerprint density at radius 3 is 2.28 bits per heavy atom. The van der Waals surface area contributed by atoms with E-state index in [9.17, 15) is 9.59 Å². The predicted octanol–water partition coefficient (Wildman–Crippen LogP) is 10.5. The summed E-state index contributed by atoms with van der Waals surface area (Å²) in [5.41, 5.74) is 2.41. The van der Waals surface area contributed by atoms with Gasteiger partial charge in [0, 0.05) is 46.5 Å². The normalized spacial score (nSPS) is 16.8. The van der Waals surface area contributed by atoms with Crippen LogP contribution < -0.4 is 4.74 Å². The Balaban J connectivity index is 1.41. The predicted molar refractivity (Wildman–Crippen MR) is 189 cm³/mol. The van der Waals surface area contributed by atoms with Crippen molar-refractivity contribution in [2.24, 2.45) is 5.92 Å². The summed E-state index contributed by atoms with van der Waals surface area (Å²) in [6, 6.07) is 21.7. The Hall–Kier alpha value is -3.52. The van der Waals surface area contributed by atoms with Crippen LogP contribution in [0.4, 0.5) is 4.79 Å². The molecule has 0 saturated heterocycles. The number of hydrogen-bond donors (Lipinski definition) is 0. The van der Waals surface area contributed by atoms with E-state index in [2.05, 4.69) is 12.1 Å². The van der Waals surface area contributed by atoms with E-state index >= 15 is 0 Å². The lowest BCUT2D eigenvalue weighted by molar-refractivity contribution is 0.0370. The second-order valence-electron chi connectivity index (χ2n) is 12.7. The maximum absolute atomic E-state index is 14.4. The second kappa shape index (κ2) is 14.5. The summed E-state index contributed by atoms with van der Waals surface area (Å²) < 4.78 is 12.2. The Morgan fingerprint density at radius 1 is 0.957 bits per heavy atom. The van der Waals surface area contributed by atoms with Gasteiger partial charge in [-0.3, -0.25) is 9.69 Å². The number of carbonyl (C=O) groups is 2. The van der Waals surface area contributed by atoms with E-state index in [1.165, 1.54) is 16.2 Å². The van der Waals surface area contributed by atoms with Crippen LogP contribution in [0.15, 0.2) is 79.0 Å². The van der Waals surface area contributed by atoms with Gasteiger partial charge < -0.3 is 14.4 Å². The monoisotopic (exact) mass is 678 g/mol. The Bertz CT molecular complexity index is 1720. The van der Waals surface area contributed by atoms with Gasteiger partial charge in [0.2, 0.25) is 0 Å². The van der Waals surface area contributed by atoms with E-state index in [1.54, 1.807) is 20.4 Å². The SMILES string of the molecule is COc1ccc(-c2ccc(Cl)cc2)cc1CN(C(=O)c1sc2ccccc2c1Cl)C1CCC(/C=C/N(C)C(=O)OC(C)(C)C)CC1. The average Bonchev–Trinajstić information content (AvgIpc) is 3.38.